The van der Waals surface area contributed by atoms with E-state index in [1.54, 1.807) is 18.4 Å². The number of nitrogens with one attached hydrogen (secondary N) is 1. The fourth-order valence-electron chi connectivity index (χ4n) is 2.82. The average Bonchev–Trinajstić information content (AvgIpc) is 3.32. The molecule has 3 heterocycles. The summed E-state index contributed by atoms with van der Waals surface area (Å²) >= 11 is 3.05. The predicted molar refractivity (Wildman–Crippen MR) is 111 cm³/mol. The van der Waals surface area contributed by atoms with Crippen molar-refractivity contribution in [2.45, 2.75) is 0 Å². The highest BCUT2D eigenvalue weighted by Gasteiger charge is 2.18. The molecule has 0 atom stereocenters. The number of nitrogens with zero attached hydrogens (tertiary/aromatic N) is 2. The van der Waals surface area contributed by atoms with E-state index in [0.717, 1.165) is 52.5 Å². The lowest BCUT2D eigenvalue weighted by Gasteiger charge is -2.25. The first-order valence-electron chi connectivity index (χ1n) is 9.01. The second kappa shape index (κ2) is 8.76. The van der Waals surface area contributed by atoms with Crippen molar-refractivity contribution in [2.24, 2.45) is 0 Å². The summed E-state index contributed by atoms with van der Waals surface area (Å²) in [6.45, 7) is 4.03. The highest BCUT2D eigenvalue weighted by atomic mass is 32.1. The van der Waals surface area contributed by atoms with E-state index in [4.69, 9.17) is 14.2 Å². The van der Waals surface area contributed by atoms with Crippen LogP contribution in [0.15, 0.2) is 30.3 Å². The quantitative estimate of drug-likeness (QED) is 0.594. The van der Waals surface area contributed by atoms with Crippen molar-refractivity contribution in [1.29, 1.82) is 0 Å². The van der Waals surface area contributed by atoms with Gasteiger partial charge in [-0.25, -0.2) is 4.98 Å². The maximum absolute atomic E-state index is 12.4. The number of ether oxygens (including phenoxy) is 3. The summed E-state index contributed by atoms with van der Waals surface area (Å²) in [7, 11) is 1.62. The van der Waals surface area contributed by atoms with Gasteiger partial charge in [0.25, 0.3) is 5.91 Å². The first kappa shape index (κ1) is 19.0. The molecule has 1 fully saturated rings. The van der Waals surface area contributed by atoms with Gasteiger partial charge in [0.05, 0.1) is 36.4 Å². The second-order valence-electron chi connectivity index (χ2n) is 6.16. The summed E-state index contributed by atoms with van der Waals surface area (Å²) in [4.78, 5) is 20.9. The van der Waals surface area contributed by atoms with Crippen LogP contribution in [-0.4, -0.2) is 57.5 Å². The Bertz CT molecular complexity index is 901. The molecule has 3 aromatic rings. The van der Waals surface area contributed by atoms with Crippen molar-refractivity contribution in [3.05, 3.63) is 35.2 Å². The van der Waals surface area contributed by atoms with Gasteiger partial charge in [-0.3, -0.25) is 4.79 Å². The summed E-state index contributed by atoms with van der Waals surface area (Å²) in [5, 5.41) is 3.90. The molecule has 9 heteroatoms. The fraction of sp³-hybridized carbons (Fsp3) is 0.368. The van der Waals surface area contributed by atoms with Crippen LogP contribution in [0.2, 0.25) is 0 Å². The van der Waals surface area contributed by atoms with Gasteiger partial charge < -0.3 is 24.4 Å². The number of amides is 1. The van der Waals surface area contributed by atoms with E-state index in [1.807, 2.05) is 30.3 Å². The van der Waals surface area contributed by atoms with Crippen molar-refractivity contribution in [1.82, 2.24) is 10.3 Å². The minimum absolute atomic E-state index is 0.0959. The molecule has 28 heavy (non-hydrogen) atoms. The van der Waals surface area contributed by atoms with Crippen molar-refractivity contribution >= 4 is 43.2 Å². The molecule has 1 aliphatic rings. The van der Waals surface area contributed by atoms with Gasteiger partial charge in [-0.1, -0.05) is 11.3 Å². The lowest BCUT2D eigenvalue weighted by Crippen LogP contribution is -2.36. The number of rotatable bonds is 7. The SMILES string of the molecule is COc1ccc(OCCNC(=O)c2cc3sc(N4CCOCC4)nc3s2)cc1. The third-order valence-corrected chi connectivity index (χ3v) is 6.52. The van der Waals surface area contributed by atoms with E-state index < -0.39 is 0 Å². The van der Waals surface area contributed by atoms with Crippen LogP contribution in [0.25, 0.3) is 9.53 Å². The van der Waals surface area contributed by atoms with Crippen LogP contribution in [0.1, 0.15) is 9.67 Å². The van der Waals surface area contributed by atoms with Crippen LogP contribution in [-0.2, 0) is 4.74 Å². The van der Waals surface area contributed by atoms with Gasteiger partial charge in [0.15, 0.2) is 5.13 Å². The number of benzene rings is 1. The topological polar surface area (TPSA) is 72.9 Å². The number of methoxy groups -OCH3 is 1. The molecule has 148 valence electrons. The summed E-state index contributed by atoms with van der Waals surface area (Å²) in [6, 6.07) is 9.27. The second-order valence-corrected chi connectivity index (χ2v) is 8.20. The molecule has 1 saturated heterocycles. The number of hydrogen-bond acceptors (Lipinski definition) is 8. The number of aromatic nitrogens is 1. The van der Waals surface area contributed by atoms with Gasteiger partial charge in [0.2, 0.25) is 0 Å². The highest BCUT2D eigenvalue weighted by molar-refractivity contribution is 7.29. The van der Waals surface area contributed by atoms with Gasteiger partial charge in [-0.2, -0.15) is 0 Å². The maximum atomic E-state index is 12.4. The summed E-state index contributed by atoms with van der Waals surface area (Å²) in [5.74, 6) is 1.43. The number of anilines is 1. The van der Waals surface area contributed by atoms with E-state index in [0.29, 0.717) is 18.0 Å². The Hall–Kier alpha value is -2.36. The molecule has 0 radical (unpaired) electrons. The zero-order valence-corrected chi connectivity index (χ0v) is 17.1. The molecule has 2 aromatic heterocycles. The molecule has 0 saturated carbocycles. The molecule has 1 aromatic carbocycles. The molecule has 1 N–H and O–H groups in total. The van der Waals surface area contributed by atoms with E-state index >= 15 is 0 Å². The molecule has 0 spiro atoms. The zero-order chi connectivity index (χ0) is 19.3. The third kappa shape index (κ3) is 4.37. The third-order valence-electron chi connectivity index (χ3n) is 4.30. The van der Waals surface area contributed by atoms with Crippen LogP contribution in [0.3, 0.4) is 0 Å². The first-order chi connectivity index (χ1) is 13.7. The molecule has 1 amide bonds. The Morgan fingerprint density at radius 1 is 1.21 bits per heavy atom. The van der Waals surface area contributed by atoms with Gasteiger partial charge in [0.1, 0.15) is 22.9 Å². The molecule has 0 bridgehead atoms. The van der Waals surface area contributed by atoms with E-state index in [9.17, 15) is 4.79 Å². The van der Waals surface area contributed by atoms with Crippen molar-refractivity contribution < 1.29 is 19.0 Å². The number of carbonyl (C=O) groups excluding carboxylic acids is 1. The number of morpholine rings is 1. The van der Waals surface area contributed by atoms with Gasteiger partial charge in [-0.05, 0) is 30.3 Å². The molecular formula is C19H21N3O4S2. The molecule has 0 aliphatic carbocycles. The van der Waals surface area contributed by atoms with E-state index in [1.165, 1.54) is 11.3 Å². The van der Waals surface area contributed by atoms with Crippen LogP contribution in [0.5, 0.6) is 11.5 Å². The van der Waals surface area contributed by atoms with Crippen molar-refractivity contribution in [2.75, 3.05) is 51.5 Å². The normalized spacial score (nSPS) is 14.2. The Kier molecular flexibility index (Phi) is 5.94. The number of carbonyl (C=O) groups is 1. The highest BCUT2D eigenvalue weighted by Crippen LogP contribution is 2.34. The number of fused-ring (bicyclic) bond motifs is 1. The summed E-state index contributed by atoms with van der Waals surface area (Å²) < 4.78 is 17.2. The Morgan fingerprint density at radius 2 is 1.96 bits per heavy atom. The molecule has 4 rings (SSSR count). The number of hydrogen-bond donors (Lipinski definition) is 1. The van der Waals surface area contributed by atoms with Crippen molar-refractivity contribution in [3.63, 3.8) is 0 Å². The summed E-state index contributed by atoms with van der Waals surface area (Å²) in [5.41, 5.74) is 0. The minimum atomic E-state index is -0.0959. The zero-order valence-electron chi connectivity index (χ0n) is 15.5. The summed E-state index contributed by atoms with van der Waals surface area (Å²) in [6.07, 6.45) is 0. The van der Waals surface area contributed by atoms with E-state index in [-0.39, 0.29) is 5.91 Å². The average molecular weight is 420 g/mol. The molecule has 7 nitrogen and oxygen atoms in total. The lowest BCUT2D eigenvalue weighted by atomic mass is 10.3. The van der Waals surface area contributed by atoms with Crippen molar-refractivity contribution in [3.8, 4) is 11.5 Å². The largest absolute Gasteiger partial charge is 0.497 e. The molecule has 0 unspecified atom stereocenters. The maximum Gasteiger partial charge on any atom is 0.261 e. The molecular weight excluding hydrogens is 398 g/mol. The van der Waals surface area contributed by atoms with Gasteiger partial charge >= 0.3 is 0 Å². The Balaban J connectivity index is 1.28. The van der Waals surface area contributed by atoms with Gasteiger partial charge in [0, 0.05) is 13.1 Å². The standard InChI is InChI=1S/C19H21N3O4S2/c1-24-13-2-4-14(5-3-13)26-9-6-20-17(23)15-12-16-18(27-15)21-19(28-16)22-7-10-25-11-8-22/h2-5,12H,6-11H2,1H3,(H,20,23). The monoisotopic (exact) mass is 419 g/mol. The number of thiazole rings is 1. The van der Waals surface area contributed by atoms with Crippen LogP contribution in [0, 0.1) is 0 Å². The lowest BCUT2D eigenvalue weighted by molar-refractivity contribution is 0.0951. The van der Waals surface area contributed by atoms with Crippen LogP contribution >= 0.6 is 22.7 Å². The molecule has 1 aliphatic heterocycles. The number of thiophene rings is 1. The Morgan fingerprint density at radius 3 is 2.68 bits per heavy atom. The fourth-order valence-corrected chi connectivity index (χ4v) is 5.00. The van der Waals surface area contributed by atoms with Gasteiger partial charge in [-0.15, -0.1) is 11.3 Å². The van der Waals surface area contributed by atoms with Crippen LogP contribution in [0.4, 0.5) is 5.13 Å². The Labute approximate surface area is 170 Å². The first-order valence-corrected chi connectivity index (χ1v) is 10.6. The predicted octanol–water partition coefficient (Wildman–Crippen LogP) is 3.01. The smallest absolute Gasteiger partial charge is 0.261 e. The minimum Gasteiger partial charge on any atom is -0.497 e. The van der Waals surface area contributed by atoms with E-state index in [2.05, 4.69) is 15.2 Å². The van der Waals surface area contributed by atoms with Crippen LogP contribution < -0.4 is 19.7 Å².